The van der Waals surface area contributed by atoms with Gasteiger partial charge in [-0.25, -0.2) is 0 Å². The number of hydrogen-bond donors (Lipinski definition) is 2. The van der Waals surface area contributed by atoms with Crippen molar-refractivity contribution in [2.75, 3.05) is 0 Å². The third kappa shape index (κ3) is 10.8. The zero-order chi connectivity index (χ0) is 11.0. The fourth-order valence-corrected chi connectivity index (χ4v) is 0.683. The monoisotopic (exact) mass is 218 g/mol. The number of allylic oxidation sites excluding steroid dienone is 1. The minimum Gasteiger partial charge on any atom is -0.264 e. The van der Waals surface area contributed by atoms with Crippen LogP contribution in [0.3, 0.4) is 0 Å². The number of nitrogens with zero attached hydrogens (tertiary/aromatic N) is 1. The Hall–Kier alpha value is -1.24. The lowest BCUT2D eigenvalue weighted by molar-refractivity contribution is -0.568. The molecule has 1 heterocycles. The average molecular weight is 218 g/mol. The van der Waals surface area contributed by atoms with Crippen LogP contribution in [0, 0.1) is 0 Å². The lowest BCUT2D eigenvalue weighted by atomic mass is 10.5. The van der Waals surface area contributed by atoms with E-state index in [1.165, 1.54) is 0 Å². The van der Waals surface area contributed by atoms with Crippen LogP contribution in [-0.2, 0) is 10.4 Å². The van der Waals surface area contributed by atoms with Gasteiger partial charge in [-0.05, 0) is 13.0 Å². The highest BCUT2D eigenvalue weighted by atomic mass is 32.3. The number of hydrogen-bond acceptors (Lipinski definition) is 2. The van der Waals surface area contributed by atoms with Crippen LogP contribution in [0.2, 0.25) is 0 Å². The van der Waals surface area contributed by atoms with Gasteiger partial charge in [0.2, 0.25) is 0 Å². The maximum absolute atomic E-state index is 8.74. The van der Waals surface area contributed by atoms with Crippen LogP contribution in [-0.4, -0.2) is 17.5 Å². The van der Waals surface area contributed by atoms with E-state index >= 15 is 0 Å². The summed E-state index contributed by atoms with van der Waals surface area (Å²) < 4.78 is 33.6. The molecule has 6 heteroatoms. The predicted octanol–water partition coefficient (Wildman–Crippen LogP) is 0.812. The zero-order valence-corrected chi connectivity index (χ0v) is 8.42. The standard InChI is InChI=1S/C8H10N.H2O4S/c1-2-6-9-7-4-3-5-8-9;1-5(2,3)4/h2-8H,1H3;(H2,1,2,3,4)/q+1;. The van der Waals surface area contributed by atoms with Gasteiger partial charge in [0, 0.05) is 12.1 Å². The SMILES string of the molecule is CC=C[n+]1ccccc1.O=S(=O)(O)O. The maximum Gasteiger partial charge on any atom is 0.394 e. The van der Waals surface area contributed by atoms with Crippen LogP contribution in [0.4, 0.5) is 0 Å². The molecular weight excluding hydrogens is 206 g/mol. The Balaban J connectivity index is 0.000000292. The highest BCUT2D eigenvalue weighted by Gasteiger charge is 1.85. The summed E-state index contributed by atoms with van der Waals surface area (Å²) >= 11 is 0. The minimum absolute atomic E-state index is 2.00. The molecule has 0 saturated heterocycles. The second kappa shape index (κ2) is 6.25. The first kappa shape index (κ1) is 12.8. The third-order valence-corrected chi connectivity index (χ3v) is 1.06. The smallest absolute Gasteiger partial charge is 0.264 e. The van der Waals surface area contributed by atoms with E-state index in [0.29, 0.717) is 0 Å². The van der Waals surface area contributed by atoms with Crippen LogP contribution >= 0.6 is 0 Å². The Labute approximate surface area is 82.9 Å². The fourth-order valence-electron chi connectivity index (χ4n) is 0.683. The van der Waals surface area contributed by atoms with E-state index in [1.807, 2.05) is 54.4 Å². The van der Waals surface area contributed by atoms with E-state index in [2.05, 4.69) is 0 Å². The molecule has 2 N–H and O–H groups in total. The summed E-state index contributed by atoms with van der Waals surface area (Å²) in [6.07, 6.45) is 8.00. The molecule has 78 valence electrons. The van der Waals surface area contributed by atoms with Crippen molar-refractivity contribution in [3.05, 3.63) is 36.7 Å². The summed E-state index contributed by atoms with van der Waals surface area (Å²) in [5, 5.41) is 0. The summed E-state index contributed by atoms with van der Waals surface area (Å²) in [6, 6.07) is 6.00. The van der Waals surface area contributed by atoms with Crippen molar-refractivity contribution >= 4 is 16.6 Å². The first-order valence-electron chi connectivity index (χ1n) is 3.72. The molecule has 0 aliphatic heterocycles. The molecule has 14 heavy (non-hydrogen) atoms. The molecule has 1 rings (SSSR count). The van der Waals surface area contributed by atoms with E-state index in [9.17, 15) is 0 Å². The molecule has 0 aromatic carbocycles. The van der Waals surface area contributed by atoms with Crippen molar-refractivity contribution in [1.82, 2.24) is 0 Å². The topological polar surface area (TPSA) is 78.5 Å². The summed E-state index contributed by atoms with van der Waals surface area (Å²) in [5.41, 5.74) is 0. The van der Waals surface area contributed by atoms with Gasteiger partial charge in [0.25, 0.3) is 0 Å². The van der Waals surface area contributed by atoms with Gasteiger partial charge in [-0.15, -0.1) is 0 Å². The van der Waals surface area contributed by atoms with Crippen LogP contribution < -0.4 is 4.57 Å². The highest BCUT2D eigenvalue weighted by molar-refractivity contribution is 7.79. The van der Waals surface area contributed by atoms with Crippen molar-refractivity contribution in [2.45, 2.75) is 6.92 Å². The molecule has 5 nitrogen and oxygen atoms in total. The molecule has 0 radical (unpaired) electrons. The number of rotatable bonds is 1. The lowest BCUT2D eigenvalue weighted by Crippen LogP contribution is -2.23. The van der Waals surface area contributed by atoms with Gasteiger partial charge in [-0.1, -0.05) is 6.07 Å². The Morgan fingerprint density at radius 2 is 1.57 bits per heavy atom. The van der Waals surface area contributed by atoms with Crippen LogP contribution in [0.1, 0.15) is 6.92 Å². The quantitative estimate of drug-likeness (QED) is 0.540. The molecule has 1 aromatic rings. The summed E-state index contributed by atoms with van der Waals surface area (Å²) in [7, 11) is -4.67. The van der Waals surface area contributed by atoms with Gasteiger partial charge in [-0.2, -0.15) is 13.0 Å². The molecule has 0 aliphatic rings. The molecule has 0 bridgehead atoms. The fraction of sp³-hybridized carbons (Fsp3) is 0.125. The summed E-state index contributed by atoms with van der Waals surface area (Å²) in [4.78, 5) is 0. The van der Waals surface area contributed by atoms with E-state index in [1.54, 1.807) is 0 Å². The van der Waals surface area contributed by atoms with Crippen molar-refractivity contribution in [3.63, 3.8) is 0 Å². The van der Waals surface area contributed by atoms with Gasteiger partial charge in [0.15, 0.2) is 18.6 Å². The summed E-state index contributed by atoms with van der Waals surface area (Å²) in [6.45, 7) is 2.00. The Morgan fingerprint density at radius 1 is 1.14 bits per heavy atom. The van der Waals surface area contributed by atoms with Gasteiger partial charge >= 0.3 is 10.4 Å². The van der Waals surface area contributed by atoms with E-state index in [4.69, 9.17) is 17.5 Å². The highest BCUT2D eigenvalue weighted by Crippen LogP contribution is 1.76. The first-order chi connectivity index (χ1) is 6.43. The van der Waals surface area contributed by atoms with Crippen molar-refractivity contribution in [2.24, 2.45) is 0 Å². The Morgan fingerprint density at radius 3 is 1.93 bits per heavy atom. The molecule has 0 amide bonds. The lowest BCUT2D eigenvalue weighted by Gasteiger charge is -1.80. The van der Waals surface area contributed by atoms with Gasteiger partial charge < -0.3 is 0 Å². The van der Waals surface area contributed by atoms with Crippen LogP contribution in [0.15, 0.2) is 36.7 Å². The largest absolute Gasteiger partial charge is 0.394 e. The Bertz CT molecular complexity index is 364. The summed E-state index contributed by atoms with van der Waals surface area (Å²) in [5.74, 6) is 0. The second-order valence-electron chi connectivity index (χ2n) is 2.25. The molecule has 0 unspecified atom stereocenters. The third-order valence-electron chi connectivity index (χ3n) is 1.06. The number of aromatic nitrogens is 1. The van der Waals surface area contributed by atoms with Gasteiger partial charge in [0.1, 0.15) is 0 Å². The molecule has 0 spiro atoms. The van der Waals surface area contributed by atoms with Gasteiger partial charge in [-0.3, -0.25) is 9.11 Å². The molecule has 0 saturated carbocycles. The zero-order valence-electron chi connectivity index (χ0n) is 7.61. The van der Waals surface area contributed by atoms with Crippen LogP contribution in [0.25, 0.3) is 6.20 Å². The average Bonchev–Trinajstić information content (AvgIpc) is 2.03. The van der Waals surface area contributed by atoms with Crippen LogP contribution in [0.5, 0.6) is 0 Å². The van der Waals surface area contributed by atoms with Crippen molar-refractivity contribution in [1.29, 1.82) is 0 Å². The molecular formula is C8H12NO4S+. The normalized spacial score (nSPS) is 10.8. The number of pyridine rings is 1. The van der Waals surface area contributed by atoms with Crippen molar-refractivity contribution in [3.8, 4) is 0 Å². The van der Waals surface area contributed by atoms with E-state index in [-0.39, 0.29) is 0 Å². The van der Waals surface area contributed by atoms with E-state index < -0.39 is 10.4 Å². The molecule has 0 fully saturated rings. The minimum atomic E-state index is -4.67. The Kier molecular flexibility index (Phi) is 5.70. The predicted molar refractivity (Wildman–Crippen MR) is 51.8 cm³/mol. The van der Waals surface area contributed by atoms with Crippen molar-refractivity contribution < 1.29 is 22.1 Å². The molecule has 0 aliphatic carbocycles. The van der Waals surface area contributed by atoms with E-state index in [0.717, 1.165) is 0 Å². The van der Waals surface area contributed by atoms with Gasteiger partial charge in [0.05, 0.1) is 0 Å². The molecule has 0 atom stereocenters. The maximum atomic E-state index is 8.74. The molecule has 1 aromatic heterocycles. The second-order valence-corrected chi connectivity index (χ2v) is 3.15. The first-order valence-corrected chi connectivity index (χ1v) is 5.11.